The minimum absolute atomic E-state index is 0.420. The van der Waals surface area contributed by atoms with Gasteiger partial charge in [0.2, 0.25) is 0 Å². The summed E-state index contributed by atoms with van der Waals surface area (Å²) < 4.78 is 0. The normalized spacial score (nSPS) is 42.3. The second-order valence-electron chi connectivity index (χ2n) is 6.55. The Bertz CT molecular complexity index is 259. The first kappa shape index (κ1) is 14.3. The number of hydrogen-bond acceptors (Lipinski definition) is 3. The third-order valence-corrected chi connectivity index (χ3v) is 5.39. The summed E-state index contributed by atoms with van der Waals surface area (Å²) in [4.78, 5) is 2.64. The zero-order valence-corrected chi connectivity index (χ0v) is 12.1. The summed E-state index contributed by atoms with van der Waals surface area (Å²) in [5.74, 6) is 0.420. The number of nitrogens with zero attached hydrogens (tertiary/aromatic N) is 1. The van der Waals surface area contributed by atoms with Gasteiger partial charge in [-0.3, -0.25) is 4.90 Å². The van der Waals surface area contributed by atoms with E-state index in [2.05, 4.69) is 18.7 Å². The molecule has 2 rings (SSSR count). The van der Waals surface area contributed by atoms with Crippen LogP contribution in [0.4, 0.5) is 0 Å². The van der Waals surface area contributed by atoms with Gasteiger partial charge in [-0.05, 0) is 58.4 Å². The van der Waals surface area contributed by atoms with E-state index < -0.39 is 5.60 Å². The first-order chi connectivity index (χ1) is 8.57. The zero-order chi connectivity index (χ0) is 13.2. The lowest BCUT2D eigenvalue weighted by atomic mass is 9.87. The molecule has 0 bridgehead atoms. The molecule has 3 nitrogen and oxygen atoms in total. The average Bonchev–Trinajstić information content (AvgIpc) is 2.71. The lowest BCUT2D eigenvalue weighted by molar-refractivity contribution is -0.00159. The van der Waals surface area contributed by atoms with Crippen LogP contribution in [0.2, 0.25) is 0 Å². The van der Waals surface area contributed by atoms with Gasteiger partial charge < -0.3 is 10.8 Å². The third kappa shape index (κ3) is 2.89. The van der Waals surface area contributed by atoms with Gasteiger partial charge in [-0.15, -0.1) is 0 Å². The molecule has 106 valence electrons. The monoisotopic (exact) mass is 254 g/mol. The molecule has 3 heteroatoms. The molecule has 1 saturated carbocycles. The van der Waals surface area contributed by atoms with Crippen LogP contribution in [0.15, 0.2) is 0 Å². The van der Waals surface area contributed by atoms with Crippen LogP contribution in [0.1, 0.15) is 58.8 Å². The Balaban J connectivity index is 1.87. The molecule has 0 aromatic carbocycles. The van der Waals surface area contributed by atoms with E-state index in [0.29, 0.717) is 24.5 Å². The highest BCUT2D eigenvalue weighted by atomic mass is 16.3. The fraction of sp³-hybridized carbons (Fsp3) is 1.00. The standard InChI is InChI=1S/C15H30N2O/c1-12-5-3-6-13(2)17(12)10-8-14-7-4-9-15(14,18)11-16/h12-14,18H,3-11,16H2,1-2H3/t12-,13+,14?,15?. The van der Waals surface area contributed by atoms with Gasteiger partial charge in [-0.2, -0.15) is 0 Å². The second kappa shape index (κ2) is 5.89. The highest BCUT2D eigenvalue weighted by Gasteiger charge is 2.40. The largest absolute Gasteiger partial charge is 0.388 e. The minimum atomic E-state index is -0.567. The number of rotatable bonds is 4. The fourth-order valence-electron chi connectivity index (χ4n) is 4.03. The number of aliphatic hydroxyl groups is 1. The molecule has 1 aliphatic heterocycles. The number of piperidine rings is 1. The first-order valence-electron chi connectivity index (χ1n) is 7.75. The van der Waals surface area contributed by atoms with Crippen LogP contribution >= 0.6 is 0 Å². The van der Waals surface area contributed by atoms with Crippen molar-refractivity contribution in [1.29, 1.82) is 0 Å². The van der Waals surface area contributed by atoms with E-state index in [1.807, 2.05) is 0 Å². The molecule has 0 spiro atoms. The lowest BCUT2D eigenvalue weighted by Gasteiger charge is -2.40. The molecule has 0 aromatic rings. The Morgan fingerprint density at radius 1 is 1.17 bits per heavy atom. The van der Waals surface area contributed by atoms with Crippen LogP contribution in [0.5, 0.6) is 0 Å². The molecule has 1 heterocycles. The molecule has 4 atom stereocenters. The molecular formula is C15H30N2O. The van der Waals surface area contributed by atoms with Crippen LogP contribution in [0.3, 0.4) is 0 Å². The molecule has 0 amide bonds. The maximum Gasteiger partial charge on any atom is 0.0797 e. The average molecular weight is 254 g/mol. The summed E-state index contributed by atoms with van der Waals surface area (Å²) in [6, 6.07) is 1.42. The van der Waals surface area contributed by atoms with Gasteiger partial charge in [0.25, 0.3) is 0 Å². The maximum atomic E-state index is 10.5. The van der Waals surface area contributed by atoms with Gasteiger partial charge in [0.1, 0.15) is 0 Å². The number of hydrogen-bond donors (Lipinski definition) is 2. The Morgan fingerprint density at radius 3 is 2.44 bits per heavy atom. The summed E-state index contributed by atoms with van der Waals surface area (Å²) in [5, 5.41) is 10.5. The van der Waals surface area contributed by atoms with E-state index in [9.17, 15) is 5.11 Å². The molecule has 2 fully saturated rings. The van der Waals surface area contributed by atoms with Crippen LogP contribution in [-0.2, 0) is 0 Å². The van der Waals surface area contributed by atoms with Crippen molar-refractivity contribution in [1.82, 2.24) is 4.90 Å². The van der Waals surface area contributed by atoms with Crippen molar-refractivity contribution in [2.45, 2.75) is 76.5 Å². The molecule has 1 saturated heterocycles. The Hall–Kier alpha value is -0.120. The minimum Gasteiger partial charge on any atom is -0.388 e. The van der Waals surface area contributed by atoms with E-state index in [-0.39, 0.29) is 0 Å². The van der Waals surface area contributed by atoms with E-state index >= 15 is 0 Å². The van der Waals surface area contributed by atoms with E-state index in [1.165, 1.54) is 19.3 Å². The maximum absolute atomic E-state index is 10.5. The highest BCUT2D eigenvalue weighted by Crippen LogP contribution is 2.37. The molecule has 18 heavy (non-hydrogen) atoms. The second-order valence-corrected chi connectivity index (χ2v) is 6.55. The topological polar surface area (TPSA) is 49.5 Å². The van der Waals surface area contributed by atoms with Crippen molar-refractivity contribution in [2.75, 3.05) is 13.1 Å². The predicted molar refractivity (Wildman–Crippen MR) is 75.4 cm³/mol. The van der Waals surface area contributed by atoms with Gasteiger partial charge in [0.15, 0.2) is 0 Å². The summed E-state index contributed by atoms with van der Waals surface area (Å²) in [5.41, 5.74) is 5.19. The van der Waals surface area contributed by atoms with Gasteiger partial charge in [0, 0.05) is 18.6 Å². The molecule has 2 unspecified atom stereocenters. The van der Waals surface area contributed by atoms with Crippen molar-refractivity contribution in [3.8, 4) is 0 Å². The van der Waals surface area contributed by atoms with Crippen molar-refractivity contribution >= 4 is 0 Å². The first-order valence-corrected chi connectivity index (χ1v) is 7.75. The van der Waals surface area contributed by atoms with E-state index in [4.69, 9.17) is 5.73 Å². The van der Waals surface area contributed by atoms with Gasteiger partial charge in [-0.1, -0.05) is 12.8 Å². The van der Waals surface area contributed by atoms with Crippen LogP contribution in [0, 0.1) is 5.92 Å². The SMILES string of the molecule is C[C@@H]1CCC[C@H](C)N1CCC1CCCC1(O)CN. The van der Waals surface area contributed by atoms with Crippen LogP contribution in [0.25, 0.3) is 0 Å². The summed E-state index contributed by atoms with van der Waals surface area (Å²) in [7, 11) is 0. The molecule has 3 N–H and O–H groups in total. The van der Waals surface area contributed by atoms with Crippen molar-refractivity contribution in [2.24, 2.45) is 11.7 Å². The van der Waals surface area contributed by atoms with Gasteiger partial charge >= 0.3 is 0 Å². The van der Waals surface area contributed by atoms with Gasteiger partial charge in [0.05, 0.1) is 5.60 Å². The Labute approximate surface area is 112 Å². The Morgan fingerprint density at radius 2 is 1.83 bits per heavy atom. The van der Waals surface area contributed by atoms with Crippen molar-refractivity contribution in [3.05, 3.63) is 0 Å². The number of likely N-dealkylation sites (tertiary alicyclic amines) is 1. The smallest absolute Gasteiger partial charge is 0.0797 e. The zero-order valence-electron chi connectivity index (χ0n) is 12.1. The quantitative estimate of drug-likeness (QED) is 0.808. The van der Waals surface area contributed by atoms with Gasteiger partial charge in [-0.25, -0.2) is 0 Å². The Kier molecular flexibility index (Phi) is 4.68. The third-order valence-electron chi connectivity index (χ3n) is 5.39. The van der Waals surface area contributed by atoms with Crippen LogP contribution in [-0.4, -0.2) is 40.8 Å². The molecule has 2 aliphatic rings. The molecule has 0 radical (unpaired) electrons. The van der Waals surface area contributed by atoms with E-state index in [1.54, 1.807) is 0 Å². The molecular weight excluding hydrogens is 224 g/mol. The summed E-state index contributed by atoms with van der Waals surface area (Å²) >= 11 is 0. The predicted octanol–water partition coefficient (Wildman–Crippen LogP) is 2.13. The lowest BCUT2D eigenvalue weighted by Crippen LogP contribution is -2.47. The highest BCUT2D eigenvalue weighted by molar-refractivity contribution is 4.94. The molecule has 1 aliphatic carbocycles. The summed E-state index contributed by atoms with van der Waals surface area (Å²) in [6.07, 6.45) is 8.34. The number of nitrogens with two attached hydrogens (primary N) is 1. The van der Waals surface area contributed by atoms with E-state index in [0.717, 1.165) is 32.2 Å². The summed E-state index contributed by atoms with van der Waals surface area (Å²) in [6.45, 7) is 6.26. The molecule has 0 aromatic heterocycles. The van der Waals surface area contributed by atoms with Crippen molar-refractivity contribution < 1.29 is 5.11 Å². The fourth-order valence-corrected chi connectivity index (χ4v) is 4.03. The van der Waals surface area contributed by atoms with Crippen LogP contribution < -0.4 is 5.73 Å². The van der Waals surface area contributed by atoms with Crippen molar-refractivity contribution in [3.63, 3.8) is 0 Å².